The Bertz CT molecular complexity index is 381. The molecule has 2 unspecified atom stereocenters. The predicted octanol–water partition coefficient (Wildman–Crippen LogP) is 2.70. The van der Waals surface area contributed by atoms with Crippen LogP contribution in [0.3, 0.4) is 0 Å². The topological polar surface area (TPSA) is 63.6 Å². The summed E-state index contributed by atoms with van der Waals surface area (Å²) in [5, 5.41) is 0. The van der Waals surface area contributed by atoms with Gasteiger partial charge < -0.3 is 4.74 Å². The van der Waals surface area contributed by atoms with Gasteiger partial charge >= 0.3 is 16.0 Å². The molecule has 2 atom stereocenters. The van der Waals surface area contributed by atoms with Crippen LogP contribution in [0.4, 0.5) is 17.6 Å². The molecule has 19 heavy (non-hydrogen) atoms. The fourth-order valence-corrected chi connectivity index (χ4v) is 2.49. The van der Waals surface area contributed by atoms with E-state index in [2.05, 4.69) is 4.74 Å². The molecule has 0 heterocycles. The van der Waals surface area contributed by atoms with Crippen LogP contribution in [0.25, 0.3) is 0 Å². The fourth-order valence-electron chi connectivity index (χ4n) is 1.99. The molecule has 9 heteroatoms. The quantitative estimate of drug-likeness (QED) is 0.605. The highest BCUT2D eigenvalue weighted by molar-refractivity contribution is 7.86. The van der Waals surface area contributed by atoms with Gasteiger partial charge in [-0.05, 0) is 18.8 Å². The molecule has 0 amide bonds. The Kier molecular flexibility index (Phi) is 5.57. The third-order valence-electron chi connectivity index (χ3n) is 3.07. The summed E-state index contributed by atoms with van der Waals surface area (Å²) in [6.45, 7) is -0.324. The lowest BCUT2D eigenvalue weighted by Gasteiger charge is -2.26. The van der Waals surface area contributed by atoms with Gasteiger partial charge in [0.25, 0.3) is 11.9 Å². The minimum atomic E-state index is -5.69. The lowest BCUT2D eigenvalue weighted by Crippen LogP contribution is -2.45. The number of hydrogen-bond acceptors (Lipinski definition) is 3. The summed E-state index contributed by atoms with van der Waals surface area (Å²) in [7, 11) is -5.69. The van der Waals surface area contributed by atoms with Gasteiger partial charge in [-0.15, -0.1) is 0 Å². The summed E-state index contributed by atoms with van der Waals surface area (Å²) in [6, 6.07) is 0. The molecule has 0 bridgehead atoms. The molecule has 0 aromatic carbocycles. The van der Waals surface area contributed by atoms with Crippen molar-refractivity contribution in [3.05, 3.63) is 0 Å². The molecule has 1 N–H and O–H groups in total. The van der Waals surface area contributed by atoms with Gasteiger partial charge in [0.2, 0.25) is 0 Å². The molecule has 1 aliphatic rings. The van der Waals surface area contributed by atoms with Crippen LogP contribution in [-0.4, -0.2) is 37.4 Å². The van der Waals surface area contributed by atoms with Gasteiger partial charge in [0.1, 0.15) is 0 Å². The first-order chi connectivity index (χ1) is 8.65. The maximum absolute atomic E-state index is 13.1. The van der Waals surface area contributed by atoms with E-state index in [9.17, 15) is 26.0 Å². The van der Waals surface area contributed by atoms with Gasteiger partial charge in [-0.25, -0.2) is 8.78 Å². The molecule has 1 fully saturated rings. The molecule has 0 radical (unpaired) electrons. The second-order valence-electron chi connectivity index (χ2n) is 4.66. The predicted molar refractivity (Wildman–Crippen MR) is 58.8 cm³/mol. The maximum Gasteiger partial charge on any atom is 0.349 e. The number of alkyl halides is 4. The Hall–Kier alpha value is -0.410. The van der Waals surface area contributed by atoms with Crippen LogP contribution in [0.5, 0.6) is 0 Å². The van der Waals surface area contributed by atoms with E-state index in [0.29, 0.717) is 12.8 Å². The molecule has 0 aromatic rings. The van der Waals surface area contributed by atoms with Gasteiger partial charge in [0.05, 0.1) is 6.61 Å². The van der Waals surface area contributed by atoms with Crippen molar-refractivity contribution in [3.8, 4) is 0 Å². The van der Waals surface area contributed by atoms with Crippen molar-refractivity contribution in [3.63, 3.8) is 0 Å². The molecule has 0 aliphatic heterocycles. The third-order valence-corrected chi connectivity index (χ3v) is 3.91. The third kappa shape index (κ3) is 4.57. The van der Waals surface area contributed by atoms with Crippen molar-refractivity contribution in [2.24, 2.45) is 5.92 Å². The van der Waals surface area contributed by atoms with Gasteiger partial charge in [-0.1, -0.05) is 19.3 Å². The Morgan fingerprint density at radius 1 is 1.21 bits per heavy atom. The second kappa shape index (κ2) is 6.36. The first-order valence-corrected chi connectivity index (χ1v) is 7.40. The molecule has 0 spiro atoms. The second-order valence-corrected chi connectivity index (χ2v) is 6.10. The average Bonchev–Trinajstić information content (AvgIpc) is 2.35. The summed E-state index contributed by atoms with van der Waals surface area (Å²) in [5.74, 6) is -5.03. The lowest BCUT2D eigenvalue weighted by atomic mass is 9.90. The summed E-state index contributed by atoms with van der Waals surface area (Å²) in [5.41, 5.74) is -4.04. The lowest BCUT2D eigenvalue weighted by molar-refractivity contribution is -0.216. The molecule has 1 aliphatic carbocycles. The molecule has 1 rings (SSSR count). The smallest absolute Gasteiger partial charge is 0.343 e. The zero-order chi connectivity index (χ0) is 14.7. The zero-order valence-electron chi connectivity index (χ0n) is 10.1. The van der Waals surface area contributed by atoms with Gasteiger partial charge in [-0.3, -0.25) is 4.55 Å². The van der Waals surface area contributed by atoms with Gasteiger partial charge in [0.15, 0.2) is 0 Å². The first kappa shape index (κ1) is 16.6. The number of hydrogen-bond donors (Lipinski definition) is 1. The molecule has 4 nitrogen and oxygen atoms in total. The largest absolute Gasteiger partial charge is 0.349 e. The minimum absolute atomic E-state index is 0.0911. The van der Waals surface area contributed by atoms with Gasteiger partial charge in [-0.2, -0.15) is 17.2 Å². The van der Waals surface area contributed by atoms with Crippen molar-refractivity contribution in [1.29, 1.82) is 0 Å². The van der Waals surface area contributed by atoms with Crippen LogP contribution in [0, 0.1) is 5.92 Å². The van der Waals surface area contributed by atoms with Crippen LogP contribution in [-0.2, 0) is 14.9 Å². The van der Waals surface area contributed by atoms with E-state index >= 15 is 0 Å². The van der Waals surface area contributed by atoms with Crippen molar-refractivity contribution in [1.82, 2.24) is 0 Å². The molecule has 1 saturated carbocycles. The molecule has 0 aromatic heterocycles. The van der Waals surface area contributed by atoms with E-state index in [1.54, 1.807) is 0 Å². The first-order valence-electron chi connectivity index (χ1n) is 5.89. The average molecular weight is 308 g/mol. The highest BCUT2D eigenvalue weighted by Crippen LogP contribution is 2.33. The normalized spacial score (nSPS) is 22.2. The van der Waals surface area contributed by atoms with E-state index < -0.39 is 27.9 Å². The van der Waals surface area contributed by atoms with E-state index in [0.717, 1.165) is 19.3 Å². The number of ether oxygens (including phenoxy) is 1. The minimum Gasteiger partial charge on any atom is -0.343 e. The maximum atomic E-state index is 13.1. The van der Waals surface area contributed by atoms with E-state index in [-0.39, 0.29) is 12.5 Å². The summed E-state index contributed by atoms with van der Waals surface area (Å²) in [4.78, 5) is 0. The fraction of sp³-hybridized carbons (Fsp3) is 1.00. The molecule has 0 saturated heterocycles. The Labute approximate surface area is 108 Å². The highest BCUT2D eigenvalue weighted by atomic mass is 32.2. The monoisotopic (exact) mass is 308 g/mol. The van der Waals surface area contributed by atoms with Crippen molar-refractivity contribution < 1.29 is 35.3 Å². The van der Waals surface area contributed by atoms with Gasteiger partial charge in [0, 0.05) is 0 Å². The van der Waals surface area contributed by atoms with Crippen LogP contribution < -0.4 is 0 Å². The van der Waals surface area contributed by atoms with Crippen LogP contribution in [0.15, 0.2) is 0 Å². The molecule has 114 valence electrons. The highest BCUT2D eigenvalue weighted by Gasteiger charge is 2.56. The van der Waals surface area contributed by atoms with E-state index in [4.69, 9.17) is 4.55 Å². The molecular formula is C10H16F4O4S. The van der Waals surface area contributed by atoms with Crippen LogP contribution in [0.1, 0.15) is 32.1 Å². The van der Waals surface area contributed by atoms with Crippen molar-refractivity contribution in [2.45, 2.75) is 49.9 Å². The summed E-state index contributed by atoms with van der Waals surface area (Å²) in [6.07, 6.45) is 0.786. The molecular weight excluding hydrogens is 292 g/mol. The van der Waals surface area contributed by atoms with Crippen molar-refractivity contribution in [2.75, 3.05) is 6.61 Å². The Morgan fingerprint density at radius 3 is 2.21 bits per heavy atom. The van der Waals surface area contributed by atoms with Crippen LogP contribution >= 0.6 is 0 Å². The Balaban J connectivity index is 2.53. The Morgan fingerprint density at radius 2 is 1.74 bits per heavy atom. The summed E-state index contributed by atoms with van der Waals surface area (Å²) >= 11 is 0. The standard InChI is InChI=1S/C10H16F4O4S/c11-8(10(13,14)9(12)19(15,16)17)18-6-7-4-2-1-3-5-7/h7-9H,1-6H2,(H,15,16,17). The van der Waals surface area contributed by atoms with Crippen molar-refractivity contribution >= 4 is 10.1 Å². The number of halogens is 4. The van der Waals surface area contributed by atoms with E-state index in [1.807, 2.05) is 0 Å². The summed E-state index contributed by atoms with van der Waals surface area (Å²) < 4.78 is 85.0. The number of rotatable bonds is 6. The van der Waals surface area contributed by atoms with Crippen LogP contribution in [0.2, 0.25) is 0 Å². The van der Waals surface area contributed by atoms with E-state index in [1.165, 1.54) is 0 Å². The SMILES string of the molecule is O=S(=O)(O)C(F)C(F)(F)C(F)OCC1CCCCC1. The zero-order valence-corrected chi connectivity index (χ0v) is 10.9.